The number of nitrogen functional groups attached to an aromatic ring is 1. The number of carbonyl (C=O) groups excluding carboxylic acids is 1. The minimum atomic E-state index is 0.235. The Bertz CT molecular complexity index is 425. The number of nitrogens with two attached hydrogens (primary N) is 1. The molecular formula is C16H24N2O. The summed E-state index contributed by atoms with van der Waals surface area (Å²) in [7, 11) is 0. The monoisotopic (exact) mass is 260 g/mol. The van der Waals surface area contributed by atoms with Crippen molar-refractivity contribution in [1.82, 2.24) is 4.90 Å². The summed E-state index contributed by atoms with van der Waals surface area (Å²) in [6.45, 7) is 3.43. The number of carbonyl (C=O) groups is 1. The van der Waals surface area contributed by atoms with Crippen molar-refractivity contribution in [3.05, 3.63) is 29.8 Å². The van der Waals surface area contributed by atoms with E-state index in [9.17, 15) is 4.79 Å². The van der Waals surface area contributed by atoms with Gasteiger partial charge in [-0.2, -0.15) is 0 Å². The lowest BCUT2D eigenvalue weighted by Crippen LogP contribution is -2.36. The van der Waals surface area contributed by atoms with Crippen LogP contribution in [0.1, 0.15) is 44.6 Å². The third kappa shape index (κ3) is 3.49. The molecule has 0 spiro atoms. The summed E-state index contributed by atoms with van der Waals surface area (Å²) >= 11 is 0. The quantitative estimate of drug-likeness (QED) is 0.845. The van der Waals surface area contributed by atoms with E-state index in [1.807, 2.05) is 36.1 Å². The first-order valence-corrected chi connectivity index (χ1v) is 7.34. The highest BCUT2D eigenvalue weighted by molar-refractivity contribution is 5.79. The van der Waals surface area contributed by atoms with E-state index in [1.54, 1.807) is 0 Å². The minimum absolute atomic E-state index is 0.235. The molecule has 1 aromatic carbocycles. The van der Waals surface area contributed by atoms with Crippen molar-refractivity contribution in [2.24, 2.45) is 5.92 Å². The van der Waals surface area contributed by atoms with Crippen LogP contribution in [0.15, 0.2) is 24.3 Å². The Labute approximate surface area is 115 Å². The van der Waals surface area contributed by atoms with Gasteiger partial charge in [0.2, 0.25) is 5.91 Å². The lowest BCUT2D eigenvalue weighted by Gasteiger charge is -2.29. The molecule has 0 aromatic heterocycles. The molecule has 1 aromatic rings. The Morgan fingerprint density at radius 1 is 1.26 bits per heavy atom. The summed E-state index contributed by atoms with van der Waals surface area (Å²) < 4.78 is 0. The molecular weight excluding hydrogens is 236 g/mol. The van der Waals surface area contributed by atoms with Gasteiger partial charge in [-0.15, -0.1) is 0 Å². The van der Waals surface area contributed by atoms with E-state index in [2.05, 4.69) is 0 Å². The normalized spacial score (nSPS) is 16.3. The zero-order valence-electron chi connectivity index (χ0n) is 11.8. The van der Waals surface area contributed by atoms with Gasteiger partial charge in [-0.1, -0.05) is 37.5 Å². The molecule has 0 bridgehead atoms. The van der Waals surface area contributed by atoms with E-state index in [1.165, 1.54) is 19.3 Å². The first kappa shape index (κ1) is 13.9. The van der Waals surface area contributed by atoms with Gasteiger partial charge in [0.15, 0.2) is 0 Å². The average molecular weight is 260 g/mol. The molecule has 0 unspecified atom stereocenters. The van der Waals surface area contributed by atoms with Crippen LogP contribution in [0.4, 0.5) is 5.69 Å². The zero-order chi connectivity index (χ0) is 13.7. The van der Waals surface area contributed by atoms with Crippen LogP contribution in [0.25, 0.3) is 0 Å². The summed E-state index contributed by atoms with van der Waals surface area (Å²) in [6, 6.07) is 7.81. The van der Waals surface area contributed by atoms with Crippen molar-refractivity contribution >= 4 is 11.6 Å². The van der Waals surface area contributed by atoms with Gasteiger partial charge in [0, 0.05) is 24.7 Å². The van der Waals surface area contributed by atoms with Crippen LogP contribution >= 0.6 is 0 Å². The molecule has 1 fully saturated rings. The molecule has 1 amide bonds. The van der Waals surface area contributed by atoms with Gasteiger partial charge in [0.25, 0.3) is 0 Å². The van der Waals surface area contributed by atoms with E-state index in [4.69, 9.17) is 5.73 Å². The Balaban J connectivity index is 2.03. The topological polar surface area (TPSA) is 46.3 Å². The van der Waals surface area contributed by atoms with Gasteiger partial charge in [-0.25, -0.2) is 0 Å². The molecule has 0 atom stereocenters. The van der Waals surface area contributed by atoms with Crippen LogP contribution in [-0.4, -0.2) is 17.4 Å². The van der Waals surface area contributed by atoms with Gasteiger partial charge in [-0.05, 0) is 31.4 Å². The first-order valence-electron chi connectivity index (χ1n) is 7.34. The second-order valence-corrected chi connectivity index (χ2v) is 5.39. The van der Waals surface area contributed by atoms with Crippen molar-refractivity contribution in [2.75, 3.05) is 12.3 Å². The predicted octanol–water partition coefficient (Wildman–Crippen LogP) is 3.20. The maximum absolute atomic E-state index is 12.5. The van der Waals surface area contributed by atoms with Crippen LogP contribution < -0.4 is 5.73 Å². The number of para-hydroxylation sites is 1. The second kappa shape index (κ2) is 6.60. The van der Waals surface area contributed by atoms with Gasteiger partial charge in [0.1, 0.15) is 0 Å². The molecule has 2 N–H and O–H groups in total. The van der Waals surface area contributed by atoms with Gasteiger partial charge in [-0.3, -0.25) is 4.79 Å². The Morgan fingerprint density at radius 2 is 1.95 bits per heavy atom. The van der Waals surface area contributed by atoms with Crippen molar-refractivity contribution in [1.29, 1.82) is 0 Å². The van der Waals surface area contributed by atoms with Crippen molar-refractivity contribution in [3.8, 4) is 0 Å². The van der Waals surface area contributed by atoms with E-state index in [0.29, 0.717) is 12.5 Å². The molecule has 3 nitrogen and oxygen atoms in total. The van der Waals surface area contributed by atoms with E-state index >= 15 is 0 Å². The molecule has 1 saturated carbocycles. The van der Waals surface area contributed by atoms with Crippen LogP contribution in [-0.2, 0) is 11.3 Å². The van der Waals surface area contributed by atoms with Gasteiger partial charge < -0.3 is 10.6 Å². The SMILES string of the molecule is CCN(Cc1ccccc1N)C(=O)C1CCCCC1. The molecule has 0 radical (unpaired) electrons. The third-order valence-electron chi connectivity index (χ3n) is 4.06. The summed E-state index contributed by atoms with van der Waals surface area (Å²) in [5.41, 5.74) is 7.79. The standard InChI is InChI=1S/C16H24N2O/c1-2-18(12-14-10-6-7-11-15(14)17)16(19)13-8-4-3-5-9-13/h6-7,10-11,13H,2-5,8-9,12,17H2,1H3. The molecule has 1 aliphatic rings. The van der Waals surface area contributed by atoms with Crippen molar-refractivity contribution in [2.45, 2.75) is 45.6 Å². The molecule has 1 aliphatic carbocycles. The number of rotatable bonds is 4. The highest BCUT2D eigenvalue weighted by atomic mass is 16.2. The highest BCUT2D eigenvalue weighted by Gasteiger charge is 2.25. The number of benzene rings is 1. The summed E-state index contributed by atoms with van der Waals surface area (Å²) in [4.78, 5) is 14.5. The largest absolute Gasteiger partial charge is 0.398 e. The fourth-order valence-corrected chi connectivity index (χ4v) is 2.84. The predicted molar refractivity (Wildman–Crippen MR) is 78.5 cm³/mol. The lowest BCUT2D eigenvalue weighted by atomic mass is 9.88. The fraction of sp³-hybridized carbons (Fsp3) is 0.562. The van der Waals surface area contributed by atoms with Crippen molar-refractivity contribution < 1.29 is 4.79 Å². The van der Waals surface area contributed by atoms with E-state index in [0.717, 1.165) is 30.6 Å². The maximum atomic E-state index is 12.5. The average Bonchev–Trinajstić information content (AvgIpc) is 2.47. The van der Waals surface area contributed by atoms with Gasteiger partial charge >= 0.3 is 0 Å². The molecule has 104 valence electrons. The molecule has 0 heterocycles. The number of hydrogen-bond acceptors (Lipinski definition) is 2. The first-order chi connectivity index (χ1) is 9.22. The van der Waals surface area contributed by atoms with Crippen LogP contribution in [0.5, 0.6) is 0 Å². The third-order valence-corrected chi connectivity index (χ3v) is 4.06. The van der Waals surface area contributed by atoms with Gasteiger partial charge in [0.05, 0.1) is 0 Å². The molecule has 19 heavy (non-hydrogen) atoms. The lowest BCUT2D eigenvalue weighted by molar-refractivity contribution is -0.137. The molecule has 0 saturated heterocycles. The number of anilines is 1. The summed E-state index contributed by atoms with van der Waals surface area (Å²) in [6.07, 6.45) is 5.78. The number of hydrogen-bond donors (Lipinski definition) is 1. The highest BCUT2D eigenvalue weighted by Crippen LogP contribution is 2.26. The number of nitrogens with zero attached hydrogens (tertiary/aromatic N) is 1. The van der Waals surface area contributed by atoms with Crippen LogP contribution in [0.3, 0.4) is 0 Å². The molecule has 3 heteroatoms. The Morgan fingerprint density at radius 3 is 2.58 bits per heavy atom. The van der Waals surface area contributed by atoms with Crippen LogP contribution in [0.2, 0.25) is 0 Å². The summed E-state index contributed by atoms with van der Waals surface area (Å²) in [5, 5.41) is 0. The summed E-state index contributed by atoms with van der Waals surface area (Å²) in [5.74, 6) is 0.545. The zero-order valence-corrected chi connectivity index (χ0v) is 11.8. The van der Waals surface area contributed by atoms with E-state index < -0.39 is 0 Å². The Kier molecular flexibility index (Phi) is 4.83. The van der Waals surface area contributed by atoms with Crippen LogP contribution in [0, 0.1) is 5.92 Å². The molecule has 2 rings (SSSR count). The smallest absolute Gasteiger partial charge is 0.225 e. The fourth-order valence-electron chi connectivity index (χ4n) is 2.84. The molecule has 0 aliphatic heterocycles. The van der Waals surface area contributed by atoms with Crippen molar-refractivity contribution in [3.63, 3.8) is 0 Å². The van der Waals surface area contributed by atoms with E-state index in [-0.39, 0.29) is 5.92 Å². The number of amides is 1. The minimum Gasteiger partial charge on any atom is -0.398 e. The maximum Gasteiger partial charge on any atom is 0.225 e. The second-order valence-electron chi connectivity index (χ2n) is 5.39. The Hall–Kier alpha value is -1.51.